The highest BCUT2D eigenvalue weighted by molar-refractivity contribution is 5.23. The van der Waals surface area contributed by atoms with Gasteiger partial charge in [-0.2, -0.15) is 5.26 Å². The minimum atomic E-state index is -0.115. The fourth-order valence-electron chi connectivity index (χ4n) is 1.54. The van der Waals surface area contributed by atoms with Gasteiger partial charge in [0.15, 0.2) is 0 Å². The van der Waals surface area contributed by atoms with Gasteiger partial charge < -0.3 is 0 Å². The maximum atomic E-state index is 9.08. The van der Waals surface area contributed by atoms with Crippen molar-refractivity contribution in [3.63, 3.8) is 0 Å². The molecule has 0 bridgehead atoms. The third-order valence-corrected chi connectivity index (χ3v) is 2.25. The molecule has 0 saturated carbocycles. The average Bonchev–Trinajstić information content (AvgIpc) is 2.21. The summed E-state index contributed by atoms with van der Waals surface area (Å²) in [6.07, 6.45) is 1.07. The second kappa shape index (κ2) is 5.41. The molecule has 2 heteroatoms. The zero-order chi connectivity index (χ0) is 10.4. The predicted octanol–water partition coefficient (Wildman–Crippen LogP) is 2.59. The molecule has 0 aliphatic heterocycles. The summed E-state index contributed by atoms with van der Waals surface area (Å²) in [6, 6.07) is 12.1. The first-order chi connectivity index (χ1) is 6.79. The van der Waals surface area contributed by atoms with Gasteiger partial charge in [-0.25, -0.2) is 0 Å². The Labute approximate surface area is 85.8 Å². The second-order valence-electron chi connectivity index (χ2n) is 3.42. The Bertz CT molecular complexity index is 300. The van der Waals surface area contributed by atoms with E-state index in [1.165, 1.54) is 0 Å². The molecule has 0 heterocycles. The zero-order valence-corrected chi connectivity index (χ0v) is 8.77. The van der Waals surface area contributed by atoms with Gasteiger partial charge in [0.25, 0.3) is 0 Å². The van der Waals surface area contributed by atoms with E-state index in [1.54, 1.807) is 0 Å². The molecule has 0 spiro atoms. The molecule has 14 heavy (non-hydrogen) atoms. The Kier molecular flexibility index (Phi) is 4.15. The monoisotopic (exact) mass is 188 g/mol. The van der Waals surface area contributed by atoms with Crippen LogP contribution in [-0.4, -0.2) is 18.5 Å². The summed E-state index contributed by atoms with van der Waals surface area (Å²) in [5.74, 6) is 0. The highest BCUT2D eigenvalue weighted by Crippen LogP contribution is 2.17. The average molecular weight is 188 g/mol. The summed E-state index contributed by atoms with van der Waals surface area (Å²) in [6.45, 7) is 3.07. The predicted molar refractivity (Wildman–Crippen MR) is 57.7 cm³/mol. The number of nitrogens with zero attached hydrogens (tertiary/aromatic N) is 2. The van der Waals surface area contributed by atoms with E-state index in [9.17, 15) is 0 Å². The van der Waals surface area contributed by atoms with Gasteiger partial charge in [-0.15, -0.1) is 0 Å². The molecule has 2 nitrogen and oxygen atoms in total. The van der Waals surface area contributed by atoms with Crippen molar-refractivity contribution in [3.8, 4) is 6.07 Å². The highest BCUT2D eigenvalue weighted by Gasteiger charge is 2.14. The van der Waals surface area contributed by atoms with Gasteiger partial charge in [-0.1, -0.05) is 37.3 Å². The van der Waals surface area contributed by atoms with Crippen LogP contribution in [0.4, 0.5) is 0 Å². The van der Waals surface area contributed by atoms with Crippen LogP contribution in [0.1, 0.15) is 24.9 Å². The third-order valence-electron chi connectivity index (χ3n) is 2.25. The molecule has 1 aromatic carbocycles. The fourth-order valence-corrected chi connectivity index (χ4v) is 1.54. The van der Waals surface area contributed by atoms with E-state index in [0.717, 1.165) is 18.5 Å². The van der Waals surface area contributed by atoms with E-state index in [-0.39, 0.29) is 6.04 Å². The molecule has 0 aliphatic rings. The minimum absolute atomic E-state index is 0.115. The lowest BCUT2D eigenvalue weighted by Crippen LogP contribution is -2.24. The van der Waals surface area contributed by atoms with Crippen LogP contribution in [0.3, 0.4) is 0 Å². The summed E-state index contributed by atoms with van der Waals surface area (Å²) in [5, 5.41) is 9.08. The molecule has 1 unspecified atom stereocenters. The second-order valence-corrected chi connectivity index (χ2v) is 3.42. The summed E-state index contributed by atoms with van der Waals surface area (Å²) >= 11 is 0. The van der Waals surface area contributed by atoms with Crippen molar-refractivity contribution < 1.29 is 0 Å². The van der Waals surface area contributed by atoms with Crippen LogP contribution in [-0.2, 0) is 0 Å². The molecule has 0 aromatic heterocycles. The van der Waals surface area contributed by atoms with Crippen molar-refractivity contribution >= 4 is 0 Å². The summed E-state index contributed by atoms with van der Waals surface area (Å²) in [4.78, 5) is 2.08. The number of hydrogen-bond acceptors (Lipinski definition) is 2. The Morgan fingerprint density at radius 3 is 2.50 bits per heavy atom. The van der Waals surface area contributed by atoms with Crippen molar-refractivity contribution in [3.05, 3.63) is 35.9 Å². The first-order valence-corrected chi connectivity index (χ1v) is 4.94. The number of nitriles is 1. The van der Waals surface area contributed by atoms with Crippen molar-refractivity contribution in [1.82, 2.24) is 4.90 Å². The van der Waals surface area contributed by atoms with Gasteiger partial charge in [0, 0.05) is 0 Å². The maximum Gasteiger partial charge on any atom is 0.123 e. The molecular weight excluding hydrogens is 172 g/mol. The van der Waals surface area contributed by atoms with Gasteiger partial charge in [0.05, 0.1) is 6.07 Å². The molecule has 1 atom stereocenters. The maximum absolute atomic E-state index is 9.08. The van der Waals surface area contributed by atoms with E-state index in [2.05, 4.69) is 17.9 Å². The van der Waals surface area contributed by atoms with E-state index < -0.39 is 0 Å². The summed E-state index contributed by atoms with van der Waals surface area (Å²) < 4.78 is 0. The summed E-state index contributed by atoms with van der Waals surface area (Å²) in [5.41, 5.74) is 1.07. The van der Waals surface area contributed by atoms with Crippen molar-refractivity contribution in [2.45, 2.75) is 19.4 Å². The lowest BCUT2D eigenvalue weighted by atomic mass is 10.1. The van der Waals surface area contributed by atoms with Crippen LogP contribution in [0.25, 0.3) is 0 Å². The standard InChI is InChI=1S/C12H16N2/c1-3-9-14(2)12(10-13)11-7-5-4-6-8-11/h4-8,12H,3,9H2,1-2H3. The van der Waals surface area contributed by atoms with Crippen LogP contribution in [0.15, 0.2) is 30.3 Å². The molecule has 1 aromatic rings. The van der Waals surface area contributed by atoms with Gasteiger partial charge >= 0.3 is 0 Å². The van der Waals surface area contributed by atoms with E-state index >= 15 is 0 Å². The number of rotatable bonds is 4. The normalized spacial score (nSPS) is 12.4. The number of hydrogen-bond donors (Lipinski definition) is 0. The van der Waals surface area contributed by atoms with Crippen LogP contribution in [0.5, 0.6) is 0 Å². The number of benzene rings is 1. The fraction of sp³-hybridized carbons (Fsp3) is 0.417. The molecule has 0 aliphatic carbocycles. The molecule has 0 fully saturated rings. The van der Waals surface area contributed by atoms with Crippen LogP contribution in [0.2, 0.25) is 0 Å². The first kappa shape index (κ1) is 10.7. The van der Waals surface area contributed by atoms with Crippen molar-refractivity contribution in [1.29, 1.82) is 5.26 Å². The Morgan fingerprint density at radius 1 is 1.36 bits per heavy atom. The SMILES string of the molecule is CCCN(C)C(C#N)c1ccccc1. The Morgan fingerprint density at radius 2 is 2.00 bits per heavy atom. The van der Waals surface area contributed by atoms with Gasteiger partial charge in [0.2, 0.25) is 0 Å². The molecule has 0 amide bonds. The highest BCUT2D eigenvalue weighted by atomic mass is 15.1. The molecule has 1 rings (SSSR count). The van der Waals surface area contributed by atoms with Gasteiger partial charge in [-0.3, -0.25) is 4.90 Å². The molecule has 0 radical (unpaired) electrons. The lowest BCUT2D eigenvalue weighted by Gasteiger charge is -2.21. The zero-order valence-electron chi connectivity index (χ0n) is 8.77. The molecular formula is C12H16N2. The topological polar surface area (TPSA) is 27.0 Å². The minimum Gasteiger partial charge on any atom is -0.287 e. The van der Waals surface area contributed by atoms with Crippen LogP contribution >= 0.6 is 0 Å². The quantitative estimate of drug-likeness (QED) is 0.726. The molecule has 0 N–H and O–H groups in total. The van der Waals surface area contributed by atoms with E-state index in [4.69, 9.17) is 5.26 Å². The van der Waals surface area contributed by atoms with Gasteiger partial charge in [-0.05, 0) is 25.6 Å². The molecule has 0 saturated heterocycles. The van der Waals surface area contributed by atoms with Crippen LogP contribution in [0, 0.1) is 11.3 Å². The lowest BCUT2D eigenvalue weighted by molar-refractivity contribution is 0.292. The first-order valence-electron chi connectivity index (χ1n) is 4.94. The van der Waals surface area contributed by atoms with Crippen molar-refractivity contribution in [2.75, 3.05) is 13.6 Å². The van der Waals surface area contributed by atoms with Gasteiger partial charge in [0.1, 0.15) is 6.04 Å². The van der Waals surface area contributed by atoms with E-state index in [0.29, 0.717) is 0 Å². The largest absolute Gasteiger partial charge is 0.287 e. The Hall–Kier alpha value is -1.33. The summed E-state index contributed by atoms with van der Waals surface area (Å²) in [7, 11) is 1.99. The Balaban J connectivity index is 2.78. The van der Waals surface area contributed by atoms with E-state index in [1.807, 2.05) is 37.4 Å². The van der Waals surface area contributed by atoms with Crippen LogP contribution < -0.4 is 0 Å². The third kappa shape index (κ3) is 2.58. The van der Waals surface area contributed by atoms with Crippen molar-refractivity contribution in [2.24, 2.45) is 0 Å². The molecule has 74 valence electrons. The smallest absolute Gasteiger partial charge is 0.123 e.